The highest BCUT2D eigenvalue weighted by molar-refractivity contribution is 5.93. The number of aliphatic hydroxyl groups excluding tert-OH is 1. The van der Waals surface area contributed by atoms with Crippen molar-refractivity contribution in [1.29, 1.82) is 0 Å². The maximum Gasteiger partial charge on any atom is 0.257 e. The van der Waals surface area contributed by atoms with Gasteiger partial charge in [0.15, 0.2) is 17.8 Å². The third-order valence-corrected chi connectivity index (χ3v) is 6.28. The van der Waals surface area contributed by atoms with Gasteiger partial charge in [-0.1, -0.05) is 0 Å². The Morgan fingerprint density at radius 2 is 2.08 bits per heavy atom. The van der Waals surface area contributed by atoms with Crippen LogP contribution in [0.3, 0.4) is 0 Å². The van der Waals surface area contributed by atoms with Crippen LogP contribution in [0.2, 0.25) is 0 Å². The Labute approximate surface area is 209 Å². The zero-order valence-corrected chi connectivity index (χ0v) is 19.7. The van der Waals surface area contributed by atoms with Gasteiger partial charge in [0, 0.05) is 37.7 Å². The standard InChI is InChI=1S/C25H24F4N4O4/c1-15(32-9-7-25(28,29)20(13-32)16-6-8-33(36)18(10-16)14-34)24(35)31-23-5-3-19(12-30-23)37-22-4-2-17(26)11-21(22)27/h2-6,8,10-12,15,20,34H,7,9,13-14H2,1H3,(H,30,31,35)/t15?,20-/m1/s1. The van der Waals surface area contributed by atoms with Crippen molar-refractivity contribution >= 4 is 11.7 Å². The Morgan fingerprint density at radius 3 is 2.76 bits per heavy atom. The lowest BCUT2D eigenvalue weighted by atomic mass is 9.86. The molecule has 0 radical (unpaired) electrons. The first-order valence-electron chi connectivity index (χ1n) is 11.4. The average Bonchev–Trinajstić information content (AvgIpc) is 2.86. The van der Waals surface area contributed by atoms with Crippen LogP contribution in [0.1, 0.15) is 30.5 Å². The third kappa shape index (κ3) is 5.97. The van der Waals surface area contributed by atoms with E-state index in [1.165, 1.54) is 30.5 Å². The molecular weight excluding hydrogens is 496 g/mol. The molecule has 1 fully saturated rings. The highest BCUT2D eigenvalue weighted by Gasteiger charge is 2.46. The predicted molar refractivity (Wildman–Crippen MR) is 124 cm³/mol. The molecule has 8 nitrogen and oxygen atoms in total. The van der Waals surface area contributed by atoms with Crippen molar-refractivity contribution in [2.45, 2.75) is 37.8 Å². The van der Waals surface area contributed by atoms with Gasteiger partial charge in [-0.15, -0.1) is 0 Å². The number of alkyl halides is 2. The van der Waals surface area contributed by atoms with Gasteiger partial charge in [0.1, 0.15) is 24.0 Å². The number of piperidine rings is 1. The van der Waals surface area contributed by atoms with E-state index >= 15 is 0 Å². The van der Waals surface area contributed by atoms with Gasteiger partial charge in [0.05, 0.1) is 18.2 Å². The Hall–Kier alpha value is -3.77. The maximum atomic E-state index is 14.8. The third-order valence-electron chi connectivity index (χ3n) is 6.28. The van der Waals surface area contributed by atoms with Crippen LogP contribution in [0.4, 0.5) is 23.4 Å². The van der Waals surface area contributed by atoms with Crippen molar-refractivity contribution in [2.24, 2.45) is 0 Å². The molecule has 3 heterocycles. The highest BCUT2D eigenvalue weighted by Crippen LogP contribution is 2.41. The zero-order valence-electron chi connectivity index (χ0n) is 19.7. The van der Waals surface area contributed by atoms with Gasteiger partial charge in [-0.3, -0.25) is 9.69 Å². The van der Waals surface area contributed by atoms with Crippen molar-refractivity contribution in [1.82, 2.24) is 9.88 Å². The van der Waals surface area contributed by atoms with E-state index in [4.69, 9.17) is 4.74 Å². The Kier molecular flexibility index (Phi) is 7.60. The lowest BCUT2D eigenvalue weighted by Gasteiger charge is -2.40. The molecule has 2 N–H and O–H groups in total. The van der Waals surface area contributed by atoms with Crippen molar-refractivity contribution in [3.05, 3.63) is 83.0 Å². The van der Waals surface area contributed by atoms with Gasteiger partial charge in [0.2, 0.25) is 11.6 Å². The number of aliphatic hydroxyl groups is 1. The van der Waals surface area contributed by atoms with Crippen molar-refractivity contribution in [2.75, 3.05) is 18.4 Å². The first-order valence-corrected chi connectivity index (χ1v) is 11.4. The molecule has 3 aromatic rings. The number of nitrogens with one attached hydrogen (secondary N) is 1. The number of rotatable bonds is 7. The number of pyridine rings is 2. The van der Waals surface area contributed by atoms with Gasteiger partial charge in [0.25, 0.3) is 5.92 Å². The number of ether oxygens (including phenoxy) is 1. The number of hydrogen-bond donors (Lipinski definition) is 2. The summed E-state index contributed by atoms with van der Waals surface area (Å²) in [6.07, 6.45) is 1.84. The second-order valence-corrected chi connectivity index (χ2v) is 8.72. The van der Waals surface area contributed by atoms with E-state index in [-0.39, 0.29) is 41.7 Å². The summed E-state index contributed by atoms with van der Waals surface area (Å²) in [6, 6.07) is 7.49. The molecular formula is C25H24F4N4O4. The summed E-state index contributed by atoms with van der Waals surface area (Å²) in [5.41, 5.74) is 0.158. The second-order valence-electron chi connectivity index (χ2n) is 8.72. The van der Waals surface area contributed by atoms with Gasteiger partial charge in [-0.25, -0.2) is 22.5 Å². The van der Waals surface area contributed by atoms with Crippen molar-refractivity contribution in [3.63, 3.8) is 0 Å². The lowest BCUT2D eigenvalue weighted by Crippen LogP contribution is -2.52. The normalized spacial score (nSPS) is 18.3. The summed E-state index contributed by atoms with van der Waals surface area (Å²) in [5.74, 6) is -6.31. The van der Waals surface area contributed by atoms with Gasteiger partial charge in [-0.2, -0.15) is 4.73 Å². The van der Waals surface area contributed by atoms with Gasteiger partial charge < -0.3 is 20.4 Å². The molecule has 2 atom stereocenters. The van der Waals surface area contributed by atoms with Gasteiger partial charge >= 0.3 is 0 Å². The highest BCUT2D eigenvalue weighted by atomic mass is 19.3. The largest absolute Gasteiger partial charge is 0.618 e. The molecule has 196 valence electrons. The fourth-order valence-electron chi connectivity index (χ4n) is 4.11. The minimum Gasteiger partial charge on any atom is -0.618 e. The molecule has 1 unspecified atom stereocenters. The van der Waals surface area contributed by atoms with Crippen LogP contribution in [-0.2, 0) is 11.4 Å². The molecule has 4 rings (SSSR count). The zero-order chi connectivity index (χ0) is 26.7. The lowest BCUT2D eigenvalue weighted by molar-refractivity contribution is -0.616. The number of hydrogen-bond acceptors (Lipinski definition) is 6. The van der Waals surface area contributed by atoms with Crippen LogP contribution in [0.15, 0.2) is 54.9 Å². The Balaban J connectivity index is 1.41. The fraction of sp³-hybridized carbons (Fsp3) is 0.320. The van der Waals surface area contributed by atoms with Crippen molar-refractivity contribution in [3.8, 4) is 11.5 Å². The minimum absolute atomic E-state index is 0.0250. The Morgan fingerprint density at radius 1 is 1.30 bits per heavy atom. The molecule has 0 bridgehead atoms. The topological polar surface area (TPSA) is 102 Å². The number of amides is 1. The number of benzene rings is 1. The minimum atomic E-state index is -3.06. The Bertz CT molecular complexity index is 1280. The number of carbonyl (C=O) groups is 1. The fourth-order valence-corrected chi connectivity index (χ4v) is 4.11. The summed E-state index contributed by atoms with van der Waals surface area (Å²) in [5, 5.41) is 23.6. The molecule has 0 saturated carbocycles. The molecule has 12 heteroatoms. The van der Waals surface area contributed by atoms with E-state index < -0.39 is 48.5 Å². The van der Waals surface area contributed by atoms with Crippen LogP contribution >= 0.6 is 0 Å². The van der Waals surface area contributed by atoms with E-state index in [1.54, 1.807) is 11.8 Å². The molecule has 0 aliphatic carbocycles. The molecule has 1 aromatic carbocycles. The van der Waals surface area contributed by atoms with Crippen LogP contribution in [-0.4, -0.2) is 46.0 Å². The van der Waals surface area contributed by atoms with E-state index in [1.807, 2.05) is 0 Å². The van der Waals surface area contributed by atoms with E-state index in [0.717, 1.165) is 18.3 Å². The summed E-state index contributed by atoms with van der Waals surface area (Å²) < 4.78 is 62.1. The number of halogens is 4. The van der Waals surface area contributed by atoms with Crippen molar-refractivity contribution < 1.29 is 36.9 Å². The number of likely N-dealkylation sites (tertiary alicyclic amines) is 1. The average molecular weight is 520 g/mol. The second kappa shape index (κ2) is 10.7. The summed E-state index contributed by atoms with van der Waals surface area (Å²) in [7, 11) is 0. The number of aromatic nitrogens is 2. The quantitative estimate of drug-likeness (QED) is 0.280. The summed E-state index contributed by atoms with van der Waals surface area (Å²) in [6.45, 7) is 0.829. The van der Waals surface area contributed by atoms with Crippen LogP contribution in [0.5, 0.6) is 11.5 Å². The number of nitrogens with zero attached hydrogens (tertiary/aromatic N) is 3. The summed E-state index contributed by atoms with van der Waals surface area (Å²) in [4.78, 5) is 18.5. The molecule has 1 saturated heterocycles. The summed E-state index contributed by atoms with van der Waals surface area (Å²) >= 11 is 0. The number of carbonyl (C=O) groups excluding carboxylic acids is 1. The van der Waals surface area contributed by atoms with E-state index in [0.29, 0.717) is 10.8 Å². The first-order chi connectivity index (χ1) is 17.6. The van der Waals surface area contributed by atoms with Crippen LogP contribution in [0.25, 0.3) is 0 Å². The first kappa shape index (κ1) is 26.3. The monoisotopic (exact) mass is 520 g/mol. The van der Waals surface area contributed by atoms with E-state index in [9.17, 15) is 32.7 Å². The maximum absolute atomic E-state index is 14.8. The molecule has 0 spiro atoms. The van der Waals surface area contributed by atoms with Crippen LogP contribution < -0.4 is 14.8 Å². The molecule has 1 aliphatic rings. The predicted octanol–water partition coefficient (Wildman–Crippen LogP) is 3.73. The SMILES string of the molecule is CC(C(=O)Nc1ccc(Oc2ccc(F)cc2F)cn1)N1CCC(F)(F)[C@@H](c2cc[n+]([O-])c(CO)c2)C1. The smallest absolute Gasteiger partial charge is 0.257 e. The molecule has 37 heavy (non-hydrogen) atoms. The molecule has 1 aliphatic heterocycles. The molecule has 1 amide bonds. The number of anilines is 1. The van der Waals surface area contributed by atoms with Crippen LogP contribution in [0, 0.1) is 16.8 Å². The van der Waals surface area contributed by atoms with Gasteiger partial charge in [-0.05, 0) is 36.8 Å². The van der Waals surface area contributed by atoms with E-state index in [2.05, 4.69) is 10.3 Å². The molecule has 2 aromatic heterocycles.